The summed E-state index contributed by atoms with van der Waals surface area (Å²) >= 11 is 0. The Hall–Kier alpha value is -2.28. The van der Waals surface area contributed by atoms with Crippen LogP contribution in [0.3, 0.4) is 0 Å². The summed E-state index contributed by atoms with van der Waals surface area (Å²) in [6, 6.07) is 20.9. The van der Waals surface area contributed by atoms with Crippen LogP contribution in [-0.2, 0) is 0 Å². The lowest BCUT2D eigenvalue weighted by Crippen LogP contribution is -1.92. The van der Waals surface area contributed by atoms with Gasteiger partial charge >= 0.3 is 0 Å². The monoisotopic (exact) mass is 233 g/mol. The maximum atomic E-state index is 6.30. The molecular formula is C17H15N. The van der Waals surface area contributed by atoms with Crippen LogP contribution < -0.4 is 5.73 Å². The molecule has 0 aliphatic heterocycles. The van der Waals surface area contributed by atoms with Crippen molar-refractivity contribution in [2.45, 2.75) is 6.92 Å². The quantitative estimate of drug-likeness (QED) is 0.619. The predicted octanol–water partition coefficient (Wildman–Crippen LogP) is 4.40. The van der Waals surface area contributed by atoms with Crippen molar-refractivity contribution in [3.05, 3.63) is 66.2 Å². The van der Waals surface area contributed by atoms with Gasteiger partial charge in [-0.1, -0.05) is 66.2 Å². The molecule has 0 bridgehead atoms. The van der Waals surface area contributed by atoms with Crippen molar-refractivity contribution in [3.8, 4) is 11.1 Å². The van der Waals surface area contributed by atoms with E-state index in [0.717, 1.165) is 16.6 Å². The molecule has 0 aliphatic carbocycles. The summed E-state index contributed by atoms with van der Waals surface area (Å²) in [5.74, 6) is 0. The summed E-state index contributed by atoms with van der Waals surface area (Å²) in [4.78, 5) is 0. The van der Waals surface area contributed by atoms with Crippen molar-refractivity contribution >= 4 is 16.5 Å². The van der Waals surface area contributed by atoms with Gasteiger partial charge in [0.2, 0.25) is 0 Å². The van der Waals surface area contributed by atoms with Crippen molar-refractivity contribution in [3.63, 3.8) is 0 Å². The van der Waals surface area contributed by atoms with E-state index in [0.29, 0.717) is 0 Å². The van der Waals surface area contributed by atoms with Crippen LogP contribution in [0.25, 0.3) is 21.9 Å². The van der Waals surface area contributed by atoms with Gasteiger partial charge in [-0.05, 0) is 17.9 Å². The van der Waals surface area contributed by atoms with E-state index in [1.807, 2.05) is 12.1 Å². The lowest BCUT2D eigenvalue weighted by atomic mass is 9.98. The maximum Gasteiger partial charge on any atom is 0.0473 e. The lowest BCUT2D eigenvalue weighted by Gasteiger charge is -2.10. The van der Waals surface area contributed by atoms with Gasteiger partial charge in [0.05, 0.1) is 0 Å². The average Bonchev–Trinajstić information content (AvgIpc) is 2.39. The van der Waals surface area contributed by atoms with Gasteiger partial charge in [0.25, 0.3) is 0 Å². The van der Waals surface area contributed by atoms with Crippen LogP contribution >= 0.6 is 0 Å². The van der Waals surface area contributed by atoms with Gasteiger partial charge in [-0.3, -0.25) is 0 Å². The first-order valence-electron chi connectivity index (χ1n) is 6.10. The normalized spacial score (nSPS) is 10.7. The van der Waals surface area contributed by atoms with E-state index in [-0.39, 0.29) is 0 Å². The molecule has 3 rings (SSSR count). The zero-order chi connectivity index (χ0) is 12.5. The Kier molecular flexibility index (Phi) is 2.52. The lowest BCUT2D eigenvalue weighted by molar-refractivity contribution is 1.47. The number of fused-ring (bicyclic) bond motifs is 1. The summed E-state index contributed by atoms with van der Waals surface area (Å²) in [5, 5.41) is 2.31. The Morgan fingerprint density at radius 1 is 0.833 bits per heavy atom. The van der Waals surface area contributed by atoms with Gasteiger partial charge in [-0.25, -0.2) is 0 Å². The number of anilines is 1. The number of hydrogen-bond acceptors (Lipinski definition) is 1. The highest BCUT2D eigenvalue weighted by atomic mass is 14.6. The van der Waals surface area contributed by atoms with Gasteiger partial charge in [-0.15, -0.1) is 0 Å². The molecule has 0 aliphatic rings. The molecule has 0 aromatic heterocycles. The number of aryl methyl sites for hydroxylation is 1. The minimum absolute atomic E-state index is 0.860. The molecule has 0 amide bonds. The third-order valence-corrected chi connectivity index (χ3v) is 3.30. The van der Waals surface area contributed by atoms with Crippen LogP contribution in [0, 0.1) is 6.92 Å². The van der Waals surface area contributed by atoms with Crippen molar-refractivity contribution in [2.24, 2.45) is 0 Å². The fourth-order valence-electron chi connectivity index (χ4n) is 2.36. The van der Waals surface area contributed by atoms with E-state index >= 15 is 0 Å². The molecule has 0 spiro atoms. The van der Waals surface area contributed by atoms with E-state index in [1.54, 1.807) is 0 Å². The first kappa shape index (κ1) is 10.8. The van der Waals surface area contributed by atoms with E-state index in [9.17, 15) is 0 Å². The molecule has 1 nitrogen and oxygen atoms in total. The highest BCUT2D eigenvalue weighted by Gasteiger charge is 2.06. The molecule has 0 atom stereocenters. The molecule has 88 valence electrons. The zero-order valence-electron chi connectivity index (χ0n) is 10.4. The SMILES string of the molecule is Cc1cccc(-c2ccc3ccccc3c2N)c1. The van der Waals surface area contributed by atoms with Crippen LogP contribution in [-0.4, -0.2) is 0 Å². The van der Waals surface area contributed by atoms with Gasteiger partial charge in [0.1, 0.15) is 0 Å². The molecule has 0 saturated carbocycles. The first-order valence-corrected chi connectivity index (χ1v) is 6.10. The van der Waals surface area contributed by atoms with Crippen molar-refractivity contribution in [1.29, 1.82) is 0 Å². The molecule has 0 radical (unpaired) electrons. The summed E-state index contributed by atoms with van der Waals surface area (Å²) in [6.45, 7) is 2.10. The van der Waals surface area contributed by atoms with E-state index in [2.05, 4.69) is 55.5 Å². The standard InChI is InChI=1S/C17H15N/c1-12-5-4-7-14(11-12)16-10-9-13-6-2-3-8-15(13)17(16)18/h2-11H,18H2,1H3. The molecule has 2 N–H and O–H groups in total. The minimum Gasteiger partial charge on any atom is -0.398 e. The molecule has 18 heavy (non-hydrogen) atoms. The summed E-state index contributed by atoms with van der Waals surface area (Å²) in [6.07, 6.45) is 0. The summed E-state index contributed by atoms with van der Waals surface area (Å²) in [7, 11) is 0. The van der Waals surface area contributed by atoms with Crippen LogP contribution in [0.15, 0.2) is 60.7 Å². The molecular weight excluding hydrogens is 218 g/mol. The molecule has 0 heterocycles. The van der Waals surface area contributed by atoms with E-state index in [4.69, 9.17) is 5.73 Å². The molecule has 0 unspecified atom stereocenters. The highest BCUT2D eigenvalue weighted by Crippen LogP contribution is 2.32. The molecule has 1 heteroatoms. The third-order valence-electron chi connectivity index (χ3n) is 3.30. The zero-order valence-corrected chi connectivity index (χ0v) is 10.4. The number of benzene rings is 3. The molecule has 3 aromatic carbocycles. The predicted molar refractivity (Wildman–Crippen MR) is 78.5 cm³/mol. The summed E-state index contributed by atoms with van der Waals surface area (Å²) < 4.78 is 0. The fourth-order valence-corrected chi connectivity index (χ4v) is 2.36. The average molecular weight is 233 g/mol. The third kappa shape index (κ3) is 1.74. The minimum atomic E-state index is 0.860. The second kappa shape index (κ2) is 4.19. The van der Waals surface area contributed by atoms with Gasteiger partial charge in [0, 0.05) is 16.6 Å². The van der Waals surface area contributed by atoms with Crippen molar-refractivity contribution in [2.75, 3.05) is 5.73 Å². The van der Waals surface area contributed by atoms with E-state index in [1.165, 1.54) is 16.5 Å². The Bertz CT molecular complexity index is 714. The van der Waals surface area contributed by atoms with E-state index < -0.39 is 0 Å². The van der Waals surface area contributed by atoms with Crippen LogP contribution in [0.4, 0.5) is 5.69 Å². The molecule has 0 fully saturated rings. The fraction of sp³-hybridized carbons (Fsp3) is 0.0588. The van der Waals surface area contributed by atoms with Gasteiger partial charge < -0.3 is 5.73 Å². The molecule has 3 aromatic rings. The largest absolute Gasteiger partial charge is 0.398 e. The molecule has 0 saturated heterocycles. The Morgan fingerprint density at radius 3 is 2.50 bits per heavy atom. The van der Waals surface area contributed by atoms with Crippen LogP contribution in [0.5, 0.6) is 0 Å². The highest BCUT2D eigenvalue weighted by molar-refractivity contribution is 6.00. The topological polar surface area (TPSA) is 26.0 Å². The summed E-state index contributed by atoms with van der Waals surface area (Å²) in [5.41, 5.74) is 10.7. The second-order valence-electron chi connectivity index (χ2n) is 4.62. The number of hydrogen-bond donors (Lipinski definition) is 1. The van der Waals surface area contributed by atoms with Gasteiger partial charge in [0.15, 0.2) is 0 Å². The van der Waals surface area contributed by atoms with Crippen molar-refractivity contribution < 1.29 is 0 Å². The first-order chi connectivity index (χ1) is 8.75. The van der Waals surface area contributed by atoms with Crippen LogP contribution in [0.2, 0.25) is 0 Å². The second-order valence-corrected chi connectivity index (χ2v) is 4.62. The number of nitrogens with two attached hydrogens (primary N) is 1. The maximum absolute atomic E-state index is 6.30. The Morgan fingerprint density at radius 2 is 1.67 bits per heavy atom. The van der Waals surface area contributed by atoms with Crippen LogP contribution in [0.1, 0.15) is 5.56 Å². The number of nitrogen functional groups attached to an aromatic ring is 1. The van der Waals surface area contributed by atoms with Gasteiger partial charge in [-0.2, -0.15) is 0 Å². The Balaban J connectivity index is 2.27. The Labute approximate surface area is 107 Å². The smallest absolute Gasteiger partial charge is 0.0473 e. The van der Waals surface area contributed by atoms with Crippen molar-refractivity contribution in [1.82, 2.24) is 0 Å². The number of rotatable bonds is 1.